The first kappa shape index (κ1) is 21.0. The van der Waals surface area contributed by atoms with E-state index in [2.05, 4.69) is 25.8 Å². The normalized spacial score (nSPS) is 12.8. The molecule has 0 spiro atoms. The van der Waals surface area contributed by atoms with Crippen molar-refractivity contribution in [3.05, 3.63) is 72.0 Å². The topological polar surface area (TPSA) is 101 Å². The standard InChI is InChI=1S/C18H20F3N5O2/c1-12(7-13-5-3-2-4-6-13)24-11-16(28-22)26-17(27)25-15-8-14(9-23-10-15)18(19,20)21/h2-6,8-12,24H,7,22H2,1H3,(H2,25,26,27)/b16-11-. The van der Waals surface area contributed by atoms with Gasteiger partial charge in [0, 0.05) is 12.2 Å². The molecule has 0 bridgehead atoms. The largest absolute Gasteiger partial charge is 0.417 e. The summed E-state index contributed by atoms with van der Waals surface area (Å²) in [4.78, 5) is 20.0. The minimum Gasteiger partial charge on any atom is -0.391 e. The van der Waals surface area contributed by atoms with Gasteiger partial charge in [0.2, 0.25) is 5.88 Å². The number of pyridine rings is 1. The maximum atomic E-state index is 12.7. The van der Waals surface area contributed by atoms with Crippen LogP contribution in [0.25, 0.3) is 0 Å². The number of alkyl halides is 3. The number of anilines is 1. The lowest BCUT2D eigenvalue weighted by Gasteiger charge is -2.14. The van der Waals surface area contributed by atoms with Crippen LogP contribution in [0.5, 0.6) is 0 Å². The number of aromatic nitrogens is 1. The highest BCUT2D eigenvalue weighted by Crippen LogP contribution is 2.29. The van der Waals surface area contributed by atoms with E-state index in [0.717, 1.165) is 24.2 Å². The highest BCUT2D eigenvalue weighted by Gasteiger charge is 2.31. The van der Waals surface area contributed by atoms with Gasteiger partial charge in [-0.1, -0.05) is 30.3 Å². The third-order valence-electron chi connectivity index (χ3n) is 3.57. The number of hydrogen-bond donors (Lipinski definition) is 4. The van der Waals surface area contributed by atoms with Crippen LogP contribution in [0.2, 0.25) is 0 Å². The number of rotatable bonds is 7. The SMILES string of the molecule is CC(Cc1ccccc1)N/C=C(/NC(=O)Nc1cncc(C(F)(F)F)c1)ON. The molecule has 1 unspecified atom stereocenters. The van der Waals surface area contributed by atoms with Gasteiger partial charge in [0.25, 0.3) is 0 Å². The zero-order valence-electron chi connectivity index (χ0n) is 15.0. The second-order valence-corrected chi connectivity index (χ2v) is 5.92. The van der Waals surface area contributed by atoms with Crippen molar-refractivity contribution in [3.8, 4) is 0 Å². The molecule has 28 heavy (non-hydrogen) atoms. The molecule has 0 saturated heterocycles. The van der Waals surface area contributed by atoms with E-state index < -0.39 is 17.8 Å². The Morgan fingerprint density at radius 1 is 1.29 bits per heavy atom. The first-order chi connectivity index (χ1) is 13.3. The number of hydrogen-bond acceptors (Lipinski definition) is 5. The Morgan fingerprint density at radius 2 is 2.00 bits per heavy atom. The summed E-state index contributed by atoms with van der Waals surface area (Å²) in [6, 6.07) is 9.68. The number of halogens is 3. The Balaban J connectivity index is 1.91. The van der Waals surface area contributed by atoms with Crippen LogP contribution >= 0.6 is 0 Å². The third kappa shape index (κ3) is 6.80. The monoisotopic (exact) mass is 395 g/mol. The summed E-state index contributed by atoms with van der Waals surface area (Å²) in [5, 5.41) is 7.52. The van der Waals surface area contributed by atoms with Crippen LogP contribution in [0, 0.1) is 0 Å². The van der Waals surface area contributed by atoms with Crippen LogP contribution < -0.4 is 21.8 Å². The predicted molar refractivity (Wildman–Crippen MR) is 97.5 cm³/mol. The minimum absolute atomic E-state index is 0.00470. The molecular formula is C18H20F3N5O2. The van der Waals surface area contributed by atoms with E-state index in [1.165, 1.54) is 6.20 Å². The van der Waals surface area contributed by atoms with E-state index in [1.54, 1.807) is 0 Å². The average Bonchev–Trinajstić information content (AvgIpc) is 2.65. The molecule has 0 radical (unpaired) electrons. The number of carbonyl (C=O) groups excluding carboxylic acids is 1. The van der Waals surface area contributed by atoms with Gasteiger partial charge in [0.05, 0.1) is 23.6 Å². The van der Waals surface area contributed by atoms with Crippen molar-refractivity contribution in [1.82, 2.24) is 15.6 Å². The molecule has 0 aliphatic rings. The Hall–Kier alpha value is -3.27. The molecule has 0 aliphatic heterocycles. The number of amides is 2. The predicted octanol–water partition coefficient (Wildman–Crippen LogP) is 3.13. The molecular weight excluding hydrogens is 375 g/mol. The Labute approximate surface area is 159 Å². The molecule has 5 N–H and O–H groups in total. The van der Waals surface area contributed by atoms with Crippen molar-refractivity contribution < 1.29 is 22.8 Å². The maximum absolute atomic E-state index is 12.7. The molecule has 10 heteroatoms. The van der Waals surface area contributed by atoms with Crippen LogP contribution in [0.3, 0.4) is 0 Å². The molecule has 1 aromatic heterocycles. The van der Waals surface area contributed by atoms with Gasteiger partial charge in [-0.3, -0.25) is 10.3 Å². The number of nitrogens with two attached hydrogens (primary N) is 1. The van der Waals surface area contributed by atoms with E-state index in [9.17, 15) is 18.0 Å². The summed E-state index contributed by atoms with van der Waals surface area (Å²) in [5.41, 5.74) is 0.00973. The zero-order valence-corrected chi connectivity index (χ0v) is 15.0. The Bertz CT molecular complexity index is 812. The molecule has 0 saturated carbocycles. The van der Waals surface area contributed by atoms with Gasteiger partial charge in [-0.2, -0.15) is 19.1 Å². The summed E-state index contributed by atoms with van der Waals surface area (Å²) in [6.45, 7) is 1.92. The second kappa shape index (κ2) is 9.60. The van der Waals surface area contributed by atoms with Gasteiger partial charge < -0.3 is 15.5 Å². The smallest absolute Gasteiger partial charge is 0.391 e. The first-order valence-corrected chi connectivity index (χ1v) is 8.25. The average molecular weight is 395 g/mol. The van der Waals surface area contributed by atoms with Crippen LogP contribution in [-0.4, -0.2) is 17.1 Å². The highest BCUT2D eigenvalue weighted by molar-refractivity contribution is 5.90. The fourth-order valence-corrected chi connectivity index (χ4v) is 2.28. The molecule has 0 aliphatic carbocycles. The van der Waals surface area contributed by atoms with Crippen LogP contribution in [-0.2, 0) is 17.4 Å². The number of benzene rings is 1. The van der Waals surface area contributed by atoms with Crippen molar-refractivity contribution in [2.45, 2.75) is 25.6 Å². The Morgan fingerprint density at radius 3 is 2.64 bits per heavy atom. The summed E-state index contributed by atoms with van der Waals surface area (Å²) in [5.74, 6) is 5.01. The van der Waals surface area contributed by atoms with Gasteiger partial charge in [-0.15, -0.1) is 0 Å². The molecule has 150 valence electrons. The van der Waals surface area contributed by atoms with E-state index in [0.29, 0.717) is 6.20 Å². The van der Waals surface area contributed by atoms with Crippen molar-refractivity contribution in [1.29, 1.82) is 0 Å². The molecule has 7 nitrogen and oxygen atoms in total. The van der Waals surface area contributed by atoms with Crippen LogP contribution in [0.15, 0.2) is 60.9 Å². The molecule has 2 rings (SSSR count). The van der Waals surface area contributed by atoms with Gasteiger partial charge in [0.1, 0.15) is 0 Å². The molecule has 2 amide bonds. The van der Waals surface area contributed by atoms with Crippen molar-refractivity contribution in [3.63, 3.8) is 0 Å². The molecule has 1 atom stereocenters. The quantitative estimate of drug-likeness (QED) is 0.426. The lowest BCUT2D eigenvalue weighted by Crippen LogP contribution is -2.33. The van der Waals surface area contributed by atoms with E-state index in [1.807, 2.05) is 37.3 Å². The highest BCUT2D eigenvalue weighted by atomic mass is 19.4. The molecule has 0 fully saturated rings. The van der Waals surface area contributed by atoms with Crippen LogP contribution in [0.1, 0.15) is 18.1 Å². The summed E-state index contributed by atoms with van der Waals surface area (Å²) in [6.07, 6.45) is -0.739. The van der Waals surface area contributed by atoms with Crippen molar-refractivity contribution >= 4 is 11.7 Å². The summed E-state index contributed by atoms with van der Waals surface area (Å²) in [7, 11) is 0. The fourth-order valence-electron chi connectivity index (χ4n) is 2.28. The molecule has 1 aromatic carbocycles. The Kier molecular flexibility index (Phi) is 7.21. The molecule has 1 heterocycles. The van der Waals surface area contributed by atoms with E-state index in [-0.39, 0.29) is 17.6 Å². The fraction of sp³-hybridized carbons (Fsp3) is 0.222. The van der Waals surface area contributed by atoms with E-state index in [4.69, 9.17) is 5.90 Å². The van der Waals surface area contributed by atoms with Crippen molar-refractivity contribution in [2.75, 3.05) is 5.32 Å². The van der Waals surface area contributed by atoms with Gasteiger partial charge in [-0.25, -0.2) is 4.79 Å². The van der Waals surface area contributed by atoms with Crippen molar-refractivity contribution in [2.24, 2.45) is 5.90 Å². The zero-order chi connectivity index (χ0) is 20.6. The lowest BCUT2D eigenvalue weighted by molar-refractivity contribution is -0.137. The number of nitrogens with one attached hydrogen (secondary N) is 3. The lowest BCUT2D eigenvalue weighted by atomic mass is 10.1. The second-order valence-electron chi connectivity index (χ2n) is 5.92. The summed E-state index contributed by atoms with van der Waals surface area (Å²) < 4.78 is 38.0. The minimum atomic E-state index is -4.56. The number of nitrogens with zero attached hydrogens (tertiary/aromatic N) is 1. The number of carbonyl (C=O) groups is 1. The van der Waals surface area contributed by atoms with Gasteiger partial charge >= 0.3 is 12.2 Å². The summed E-state index contributed by atoms with van der Waals surface area (Å²) >= 11 is 0. The first-order valence-electron chi connectivity index (χ1n) is 8.25. The van der Waals surface area contributed by atoms with Gasteiger partial charge in [0.15, 0.2) is 0 Å². The van der Waals surface area contributed by atoms with Gasteiger partial charge in [-0.05, 0) is 25.0 Å². The third-order valence-corrected chi connectivity index (χ3v) is 3.57. The van der Waals surface area contributed by atoms with E-state index >= 15 is 0 Å². The molecule has 2 aromatic rings. The maximum Gasteiger partial charge on any atom is 0.417 e. The van der Waals surface area contributed by atoms with Crippen LogP contribution in [0.4, 0.5) is 23.7 Å². The number of urea groups is 1.